The van der Waals surface area contributed by atoms with Gasteiger partial charge in [-0.1, -0.05) is 18.2 Å². The number of thiazole rings is 1. The van der Waals surface area contributed by atoms with Crippen molar-refractivity contribution < 1.29 is 55.3 Å². The Kier molecular flexibility index (Phi) is 12.6. The van der Waals surface area contributed by atoms with Gasteiger partial charge in [-0.15, -0.1) is 11.3 Å². The van der Waals surface area contributed by atoms with Crippen molar-refractivity contribution in [3.05, 3.63) is 46.7 Å². The van der Waals surface area contributed by atoms with Crippen LogP contribution in [0.4, 0.5) is 35.9 Å². The second-order valence-corrected chi connectivity index (χ2v) is 9.92. The summed E-state index contributed by atoms with van der Waals surface area (Å²) in [4.78, 5) is 28.6. The molecule has 0 bridgehead atoms. The van der Waals surface area contributed by atoms with Crippen molar-refractivity contribution in [3.63, 3.8) is 0 Å². The van der Waals surface area contributed by atoms with Crippen LogP contribution < -0.4 is 4.90 Å². The van der Waals surface area contributed by atoms with Crippen LogP contribution in [0, 0.1) is 11.7 Å². The van der Waals surface area contributed by atoms with E-state index in [2.05, 4.69) is 14.8 Å². The van der Waals surface area contributed by atoms with E-state index < -0.39 is 24.3 Å². The van der Waals surface area contributed by atoms with E-state index in [0.29, 0.717) is 5.92 Å². The molecule has 2 N–H and O–H groups in total. The fourth-order valence-corrected chi connectivity index (χ4v) is 4.82. The topological polar surface area (TPSA) is 103 Å². The summed E-state index contributed by atoms with van der Waals surface area (Å²) in [5, 5.41) is 15.4. The second-order valence-electron chi connectivity index (χ2n) is 8.83. The number of aromatic nitrogens is 1. The third-order valence-electron chi connectivity index (χ3n) is 5.86. The lowest BCUT2D eigenvalue weighted by atomic mass is 9.90. The first-order valence-electron chi connectivity index (χ1n) is 12.0. The zero-order valence-corrected chi connectivity index (χ0v) is 21.9. The smallest absolute Gasteiger partial charge is 0.475 e. The van der Waals surface area contributed by atoms with Gasteiger partial charge in [0.15, 0.2) is 5.13 Å². The molecule has 224 valence electrons. The van der Waals surface area contributed by atoms with Crippen molar-refractivity contribution in [1.82, 2.24) is 9.88 Å². The van der Waals surface area contributed by atoms with Crippen molar-refractivity contribution in [2.75, 3.05) is 44.3 Å². The zero-order valence-electron chi connectivity index (χ0n) is 21.0. The fraction of sp³-hybridized carbons (Fsp3) is 0.542. The maximum absolute atomic E-state index is 13.8. The van der Waals surface area contributed by atoms with Crippen LogP contribution in [0.5, 0.6) is 0 Å². The molecule has 1 aromatic carbocycles. The molecule has 0 atom stereocenters. The monoisotopic (exact) mass is 603 g/mol. The Morgan fingerprint density at radius 1 is 0.950 bits per heavy atom. The molecule has 2 aliphatic heterocycles. The molecular formula is C24H28F7N3O5S. The summed E-state index contributed by atoms with van der Waals surface area (Å²) in [5.41, 5.74) is 0.864. The lowest BCUT2D eigenvalue weighted by Gasteiger charge is -2.31. The average molecular weight is 604 g/mol. The van der Waals surface area contributed by atoms with E-state index >= 15 is 0 Å². The highest BCUT2D eigenvalue weighted by atomic mass is 32.1. The van der Waals surface area contributed by atoms with Gasteiger partial charge in [-0.3, -0.25) is 4.90 Å². The summed E-state index contributed by atoms with van der Waals surface area (Å²) in [6, 6.07) is 7.19. The first kappa shape index (κ1) is 33.2. The van der Waals surface area contributed by atoms with Crippen molar-refractivity contribution in [3.8, 4) is 0 Å². The number of ether oxygens (including phenoxy) is 1. The molecule has 1 aromatic heterocycles. The van der Waals surface area contributed by atoms with E-state index in [4.69, 9.17) is 24.5 Å². The van der Waals surface area contributed by atoms with E-state index in [1.807, 2.05) is 18.3 Å². The Balaban J connectivity index is 0.000000333. The number of anilines is 1. The summed E-state index contributed by atoms with van der Waals surface area (Å²) in [5.74, 6) is -4.98. The van der Waals surface area contributed by atoms with Gasteiger partial charge in [0.25, 0.3) is 0 Å². The maximum Gasteiger partial charge on any atom is 0.490 e. The van der Waals surface area contributed by atoms with Crippen LogP contribution in [0.3, 0.4) is 0 Å². The second kappa shape index (κ2) is 15.1. The lowest BCUT2D eigenvalue weighted by molar-refractivity contribution is -0.193. The van der Waals surface area contributed by atoms with Gasteiger partial charge in [0.1, 0.15) is 5.82 Å². The number of nitrogens with zero attached hydrogens (tertiary/aromatic N) is 3. The molecule has 2 aromatic rings. The summed E-state index contributed by atoms with van der Waals surface area (Å²) in [7, 11) is 0. The van der Waals surface area contributed by atoms with Crippen LogP contribution in [0.25, 0.3) is 0 Å². The van der Waals surface area contributed by atoms with E-state index in [0.717, 1.165) is 75.9 Å². The van der Waals surface area contributed by atoms with Crippen molar-refractivity contribution in [2.45, 2.75) is 38.2 Å². The standard InChI is InChI=1S/C20H26FN3OS.2C2HF3O2/c21-19-4-2-1-3-17(19)13-16-5-7-23(8-6-16)15-18-14-22-20(26-18)24-9-11-25-12-10-24;2*3-2(4,5)1(6)7/h1-4,14,16H,5-13,15H2;2*(H,6,7). The number of carbonyl (C=O) groups is 2. The van der Waals surface area contributed by atoms with Crippen LogP contribution in [0.15, 0.2) is 30.5 Å². The number of morpholine rings is 1. The predicted molar refractivity (Wildman–Crippen MR) is 131 cm³/mol. The Morgan fingerprint density at radius 3 is 1.98 bits per heavy atom. The average Bonchev–Trinajstić information content (AvgIpc) is 3.35. The molecule has 0 saturated carbocycles. The highest BCUT2D eigenvalue weighted by Crippen LogP contribution is 2.27. The molecule has 8 nitrogen and oxygen atoms in total. The molecular weight excluding hydrogens is 575 g/mol. The minimum atomic E-state index is -5.08. The number of hydrogen-bond donors (Lipinski definition) is 2. The Hall–Kier alpha value is -2.98. The van der Waals surface area contributed by atoms with Gasteiger partial charge in [0, 0.05) is 30.7 Å². The molecule has 0 unspecified atom stereocenters. The molecule has 0 radical (unpaired) electrons. The minimum absolute atomic E-state index is 0.0600. The van der Waals surface area contributed by atoms with Gasteiger partial charge in [0.05, 0.1) is 13.2 Å². The lowest BCUT2D eigenvalue weighted by Crippen LogP contribution is -2.36. The van der Waals surface area contributed by atoms with Crippen LogP contribution in [0.1, 0.15) is 23.3 Å². The van der Waals surface area contributed by atoms with Crippen LogP contribution in [0.2, 0.25) is 0 Å². The number of aliphatic carboxylic acids is 2. The molecule has 2 saturated heterocycles. The molecule has 40 heavy (non-hydrogen) atoms. The Labute approximate surface area is 229 Å². The first-order chi connectivity index (χ1) is 18.7. The maximum atomic E-state index is 13.8. The van der Waals surface area contributed by atoms with Gasteiger partial charge in [-0.25, -0.2) is 19.0 Å². The number of hydrogen-bond acceptors (Lipinski definition) is 7. The summed E-state index contributed by atoms with van der Waals surface area (Å²) >= 11 is 1.81. The number of benzene rings is 1. The number of alkyl halides is 6. The Morgan fingerprint density at radius 2 is 1.48 bits per heavy atom. The first-order valence-corrected chi connectivity index (χ1v) is 12.8. The van der Waals surface area contributed by atoms with Gasteiger partial charge in [0.2, 0.25) is 0 Å². The minimum Gasteiger partial charge on any atom is -0.475 e. The van der Waals surface area contributed by atoms with Gasteiger partial charge >= 0.3 is 24.3 Å². The molecule has 3 heterocycles. The van der Waals surface area contributed by atoms with Crippen molar-refractivity contribution in [2.24, 2.45) is 5.92 Å². The number of likely N-dealkylation sites (tertiary alicyclic amines) is 1. The highest BCUT2D eigenvalue weighted by Gasteiger charge is 2.38. The molecule has 2 fully saturated rings. The number of piperidine rings is 1. The van der Waals surface area contributed by atoms with E-state index in [1.165, 1.54) is 4.88 Å². The summed E-state index contributed by atoms with van der Waals surface area (Å²) in [6.07, 6.45) is -4.99. The van der Waals surface area contributed by atoms with Crippen molar-refractivity contribution in [1.29, 1.82) is 0 Å². The third-order valence-corrected chi connectivity index (χ3v) is 6.90. The van der Waals surface area contributed by atoms with E-state index in [1.54, 1.807) is 23.5 Å². The van der Waals surface area contributed by atoms with E-state index in [-0.39, 0.29) is 5.82 Å². The summed E-state index contributed by atoms with van der Waals surface area (Å²) in [6.45, 7) is 6.62. The third kappa shape index (κ3) is 11.6. The number of halogens is 7. The molecule has 0 aliphatic carbocycles. The number of carboxylic acids is 2. The van der Waals surface area contributed by atoms with Gasteiger partial charge in [-0.2, -0.15) is 26.3 Å². The normalized spacial score (nSPS) is 16.8. The highest BCUT2D eigenvalue weighted by molar-refractivity contribution is 7.15. The quantitative estimate of drug-likeness (QED) is 0.469. The van der Waals surface area contributed by atoms with E-state index in [9.17, 15) is 30.7 Å². The SMILES string of the molecule is Fc1ccccc1CC1CCN(Cc2cnc(N3CCOCC3)s2)CC1.O=C(O)C(F)(F)F.O=C(O)C(F)(F)F. The molecule has 16 heteroatoms. The number of rotatable bonds is 5. The molecule has 4 rings (SSSR count). The number of carboxylic acid groups (broad SMARTS) is 2. The summed E-state index contributed by atoms with van der Waals surface area (Å²) < 4.78 is 82.7. The fourth-order valence-electron chi connectivity index (χ4n) is 3.82. The molecule has 0 spiro atoms. The van der Waals surface area contributed by atoms with Crippen LogP contribution in [-0.2, 0) is 27.3 Å². The molecule has 2 aliphatic rings. The van der Waals surface area contributed by atoms with Crippen LogP contribution >= 0.6 is 11.3 Å². The van der Waals surface area contributed by atoms with Crippen LogP contribution in [-0.4, -0.2) is 83.8 Å². The van der Waals surface area contributed by atoms with Gasteiger partial charge < -0.3 is 19.8 Å². The largest absolute Gasteiger partial charge is 0.490 e. The zero-order chi connectivity index (χ0) is 29.9. The van der Waals surface area contributed by atoms with Gasteiger partial charge in [-0.05, 0) is 49.9 Å². The van der Waals surface area contributed by atoms with Crippen molar-refractivity contribution >= 4 is 28.4 Å². The predicted octanol–water partition coefficient (Wildman–Crippen LogP) is 4.84. The molecule has 0 amide bonds. The Bertz CT molecular complexity index is 1060.